The van der Waals surface area contributed by atoms with E-state index in [9.17, 15) is 25.0 Å². The van der Waals surface area contributed by atoms with Crippen molar-refractivity contribution >= 4 is 6.03 Å². The first-order valence-corrected chi connectivity index (χ1v) is 3.75. The van der Waals surface area contributed by atoms with Crippen LogP contribution in [0.25, 0.3) is 0 Å². The predicted octanol–water partition coefficient (Wildman–Crippen LogP) is 0.134. The van der Waals surface area contributed by atoms with Crippen molar-refractivity contribution in [1.82, 2.24) is 10.0 Å². The average molecular weight is 206 g/mol. The molecule has 0 saturated heterocycles. The van der Waals surface area contributed by atoms with Crippen LogP contribution in [0.1, 0.15) is 13.3 Å². The maximum absolute atomic E-state index is 11.1. The summed E-state index contributed by atoms with van der Waals surface area (Å²) in [7, 11) is 0.856. The van der Waals surface area contributed by atoms with Crippen LogP contribution in [0.15, 0.2) is 0 Å². The lowest BCUT2D eigenvalue weighted by Crippen LogP contribution is -2.46. The SMILES string of the molecule is CCCN(C(=O)N(C)[N+](=O)[O-])[N+](=O)[O-]. The Kier molecular flexibility index (Phi) is 4.26. The van der Waals surface area contributed by atoms with E-state index in [1.807, 2.05) is 0 Å². The molecule has 0 bridgehead atoms. The van der Waals surface area contributed by atoms with Crippen molar-refractivity contribution in [2.75, 3.05) is 13.6 Å². The summed E-state index contributed by atoms with van der Waals surface area (Å²) in [6.07, 6.45) is 0.346. The monoisotopic (exact) mass is 206 g/mol. The fraction of sp³-hybridized carbons (Fsp3) is 0.800. The number of amides is 2. The molecule has 0 unspecified atom stereocenters. The minimum atomic E-state index is -1.26. The molecule has 14 heavy (non-hydrogen) atoms. The van der Waals surface area contributed by atoms with Crippen LogP contribution in [0.3, 0.4) is 0 Å². The van der Waals surface area contributed by atoms with Crippen LogP contribution in [0.5, 0.6) is 0 Å². The summed E-state index contributed by atoms with van der Waals surface area (Å²) >= 11 is 0. The molecule has 0 N–H and O–H groups in total. The van der Waals surface area contributed by atoms with Crippen LogP contribution in [0.2, 0.25) is 0 Å². The molecule has 0 aliphatic carbocycles. The molecule has 0 atom stereocenters. The van der Waals surface area contributed by atoms with Crippen molar-refractivity contribution in [2.24, 2.45) is 0 Å². The maximum atomic E-state index is 11.1. The Labute approximate surface area is 79.1 Å². The third-order valence-electron chi connectivity index (χ3n) is 1.38. The number of hydrogen-bond donors (Lipinski definition) is 0. The molecule has 0 aromatic carbocycles. The van der Waals surface area contributed by atoms with Gasteiger partial charge >= 0.3 is 6.03 Å². The van der Waals surface area contributed by atoms with Gasteiger partial charge in [-0.05, 0) is 16.4 Å². The standard InChI is InChI=1S/C5H10N4O5/c1-3-4-7(9(13)14)5(10)6(2)8(11)12/h3-4H2,1-2H3. The van der Waals surface area contributed by atoms with Gasteiger partial charge in [-0.2, -0.15) is 0 Å². The Morgan fingerprint density at radius 2 is 1.79 bits per heavy atom. The molecule has 9 nitrogen and oxygen atoms in total. The lowest BCUT2D eigenvalue weighted by Gasteiger charge is -2.12. The van der Waals surface area contributed by atoms with Gasteiger partial charge in [0.2, 0.25) is 0 Å². The van der Waals surface area contributed by atoms with Gasteiger partial charge in [-0.15, -0.1) is 0 Å². The highest BCUT2D eigenvalue weighted by Gasteiger charge is 2.32. The molecule has 9 heteroatoms. The Balaban J connectivity index is 4.59. The van der Waals surface area contributed by atoms with Crippen LogP contribution in [-0.2, 0) is 0 Å². The number of hydrogen-bond acceptors (Lipinski definition) is 5. The van der Waals surface area contributed by atoms with E-state index >= 15 is 0 Å². The number of nitrogens with zero attached hydrogens (tertiary/aromatic N) is 4. The molecule has 0 aromatic rings. The molecule has 0 aromatic heterocycles. The minimum absolute atomic E-state index is 0.0679. The predicted molar refractivity (Wildman–Crippen MR) is 44.1 cm³/mol. The van der Waals surface area contributed by atoms with Gasteiger partial charge in [0.1, 0.15) is 0 Å². The van der Waals surface area contributed by atoms with Crippen molar-refractivity contribution in [3.05, 3.63) is 20.2 Å². The molecule has 0 saturated carbocycles. The third kappa shape index (κ3) is 2.84. The lowest BCUT2D eigenvalue weighted by atomic mass is 10.5. The Hall–Kier alpha value is -1.93. The van der Waals surface area contributed by atoms with Gasteiger partial charge in [0.25, 0.3) is 0 Å². The van der Waals surface area contributed by atoms with E-state index in [0.29, 0.717) is 6.42 Å². The van der Waals surface area contributed by atoms with E-state index in [0.717, 1.165) is 7.05 Å². The van der Waals surface area contributed by atoms with Gasteiger partial charge in [0.05, 0.1) is 13.6 Å². The Morgan fingerprint density at radius 1 is 1.29 bits per heavy atom. The second kappa shape index (κ2) is 4.94. The van der Waals surface area contributed by atoms with Crippen molar-refractivity contribution < 1.29 is 14.9 Å². The first kappa shape index (κ1) is 12.1. The van der Waals surface area contributed by atoms with E-state index in [4.69, 9.17) is 0 Å². The van der Waals surface area contributed by atoms with Gasteiger partial charge < -0.3 is 0 Å². The smallest absolute Gasteiger partial charge is 0.237 e. The summed E-state index contributed by atoms with van der Waals surface area (Å²) in [6, 6.07) is -1.26. The van der Waals surface area contributed by atoms with Gasteiger partial charge in [-0.3, -0.25) is 0 Å². The largest absolute Gasteiger partial charge is 0.435 e. The van der Waals surface area contributed by atoms with Crippen LogP contribution in [0, 0.1) is 20.2 Å². The molecule has 2 amide bonds. The third-order valence-corrected chi connectivity index (χ3v) is 1.38. The molecule has 0 fully saturated rings. The molecule has 0 radical (unpaired) electrons. The van der Waals surface area contributed by atoms with Crippen molar-refractivity contribution in [1.29, 1.82) is 0 Å². The normalized spacial score (nSPS) is 9.29. The van der Waals surface area contributed by atoms with Crippen LogP contribution >= 0.6 is 0 Å². The molecule has 0 rings (SSSR count). The number of urea groups is 1. The van der Waals surface area contributed by atoms with E-state index in [-0.39, 0.29) is 16.6 Å². The van der Waals surface area contributed by atoms with E-state index < -0.39 is 16.1 Å². The van der Waals surface area contributed by atoms with Crippen molar-refractivity contribution in [3.63, 3.8) is 0 Å². The van der Waals surface area contributed by atoms with Gasteiger partial charge in [-0.25, -0.2) is 25.0 Å². The zero-order valence-corrected chi connectivity index (χ0v) is 7.74. The summed E-state index contributed by atoms with van der Waals surface area (Å²) in [5.74, 6) is 0. The highest BCUT2D eigenvalue weighted by molar-refractivity contribution is 5.71. The first-order chi connectivity index (χ1) is 6.41. The minimum Gasteiger partial charge on any atom is -0.237 e. The summed E-state index contributed by atoms with van der Waals surface area (Å²) in [4.78, 5) is 31.5. The fourth-order valence-corrected chi connectivity index (χ4v) is 0.696. The number of nitro groups is 2. The fourth-order valence-electron chi connectivity index (χ4n) is 0.696. The molecular weight excluding hydrogens is 196 g/mol. The Morgan fingerprint density at radius 3 is 2.07 bits per heavy atom. The van der Waals surface area contributed by atoms with Crippen LogP contribution in [0.4, 0.5) is 4.79 Å². The van der Waals surface area contributed by atoms with E-state index in [2.05, 4.69) is 0 Å². The second-order valence-electron chi connectivity index (χ2n) is 2.40. The van der Waals surface area contributed by atoms with Gasteiger partial charge in [0, 0.05) is 0 Å². The summed E-state index contributed by atoms with van der Waals surface area (Å²) in [6.45, 7) is 1.46. The summed E-state index contributed by atoms with van der Waals surface area (Å²) in [5.41, 5.74) is 0. The quantitative estimate of drug-likeness (QED) is 0.479. The second-order valence-corrected chi connectivity index (χ2v) is 2.40. The average Bonchev–Trinajstić information content (AvgIpc) is 2.11. The van der Waals surface area contributed by atoms with Crippen molar-refractivity contribution in [2.45, 2.75) is 13.3 Å². The highest BCUT2D eigenvalue weighted by atomic mass is 16.7. The topological polar surface area (TPSA) is 110 Å². The molecule has 0 heterocycles. The zero-order chi connectivity index (χ0) is 11.3. The van der Waals surface area contributed by atoms with Crippen LogP contribution < -0.4 is 0 Å². The van der Waals surface area contributed by atoms with Gasteiger partial charge in [0.15, 0.2) is 10.1 Å². The zero-order valence-electron chi connectivity index (χ0n) is 7.74. The number of rotatable bonds is 4. The van der Waals surface area contributed by atoms with E-state index in [1.165, 1.54) is 0 Å². The maximum Gasteiger partial charge on any atom is 0.435 e. The molecule has 0 spiro atoms. The Bertz CT molecular complexity index is 255. The van der Waals surface area contributed by atoms with E-state index in [1.54, 1.807) is 6.92 Å². The number of carbonyl (C=O) groups is 1. The summed E-state index contributed by atoms with van der Waals surface area (Å²) in [5, 5.41) is 18.7. The highest BCUT2D eigenvalue weighted by Crippen LogP contribution is 1.98. The van der Waals surface area contributed by atoms with Gasteiger partial charge in [-0.1, -0.05) is 6.92 Å². The molecular formula is C5H10N4O5. The number of carbonyl (C=O) groups excluding carboxylic acids is 1. The number of hydrazine groups is 2. The molecule has 0 aliphatic heterocycles. The van der Waals surface area contributed by atoms with Crippen LogP contribution in [-0.4, -0.2) is 39.7 Å². The molecule has 80 valence electrons. The lowest BCUT2D eigenvalue weighted by molar-refractivity contribution is -0.664. The first-order valence-electron chi connectivity index (χ1n) is 3.75. The van der Waals surface area contributed by atoms with Crippen molar-refractivity contribution in [3.8, 4) is 0 Å². The summed E-state index contributed by atoms with van der Waals surface area (Å²) < 4.78 is 0. The molecule has 0 aliphatic rings.